The van der Waals surface area contributed by atoms with Crippen LogP contribution in [0, 0.1) is 0 Å². The lowest BCUT2D eigenvalue weighted by Crippen LogP contribution is -1.96. The molecule has 0 saturated carbocycles. The van der Waals surface area contributed by atoms with Crippen LogP contribution in [0.5, 0.6) is 0 Å². The number of hydrogen-bond donors (Lipinski definition) is 2. The van der Waals surface area contributed by atoms with Crippen molar-refractivity contribution < 1.29 is 5.11 Å². The lowest BCUT2D eigenvalue weighted by Gasteiger charge is -1.88. The van der Waals surface area contributed by atoms with Gasteiger partial charge in [0.15, 0.2) is 0 Å². The standard InChI is InChI=1S/C5H11NO/c1-5(4-7)2-3-6/h2,7H,3-4,6H2,1H3/b5-2-. The molecule has 0 atom stereocenters. The van der Waals surface area contributed by atoms with Gasteiger partial charge in [0.1, 0.15) is 0 Å². The van der Waals surface area contributed by atoms with E-state index in [2.05, 4.69) is 0 Å². The molecule has 0 fully saturated rings. The number of aliphatic hydroxyl groups excluding tert-OH is 1. The van der Waals surface area contributed by atoms with Gasteiger partial charge in [-0.25, -0.2) is 0 Å². The molecule has 0 amide bonds. The van der Waals surface area contributed by atoms with Gasteiger partial charge in [-0.05, 0) is 6.92 Å². The molecule has 0 bridgehead atoms. The van der Waals surface area contributed by atoms with Crippen molar-refractivity contribution in [2.24, 2.45) is 5.73 Å². The maximum Gasteiger partial charge on any atom is 0.0639 e. The molecule has 0 aromatic carbocycles. The van der Waals surface area contributed by atoms with E-state index in [4.69, 9.17) is 10.8 Å². The quantitative estimate of drug-likeness (QED) is 0.476. The molecule has 0 aliphatic rings. The average molecular weight is 101 g/mol. The van der Waals surface area contributed by atoms with E-state index in [0.717, 1.165) is 5.57 Å². The van der Waals surface area contributed by atoms with Gasteiger partial charge in [-0.15, -0.1) is 0 Å². The summed E-state index contributed by atoms with van der Waals surface area (Å²) in [5.74, 6) is 0. The van der Waals surface area contributed by atoms with Crippen molar-refractivity contribution in [2.45, 2.75) is 6.92 Å². The van der Waals surface area contributed by atoms with Crippen LogP contribution in [0.4, 0.5) is 0 Å². The zero-order valence-electron chi connectivity index (χ0n) is 4.52. The predicted molar refractivity (Wildman–Crippen MR) is 29.9 cm³/mol. The van der Waals surface area contributed by atoms with Gasteiger partial charge in [0.25, 0.3) is 0 Å². The smallest absolute Gasteiger partial charge is 0.0639 e. The van der Waals surface area contributed by atoms with Crippen molar-refractivity contribution in [3.63, 3.8) is 0 Å². The van der Waals surface area contributed by atoms with E-state index in [9.17, 15) is 0 Å². The van der Waals surface area contributed by atoms with Crippen molar-refractivity contribution in [3.8, 4) is 0 Å². The van der Waals surface area contributed by atoms with Gasteiger partial charge in [0.2, 0.25) is 0 Å². The lowest BCUT2D eigenvalue weighted by molar-refractivity contribution is 0.331. The van der Waals surface area contributed by atoms with Crippen LogP contribution in [0.3, 0.4) is 0 Å². The second kappa shape index (κ2) is 3.84. The largest absolute Gasteiger partial charge is 0.392 e. The van der Waals surface area contributed by atoms with Crippen molar-refractivity contribution >= 4 is 0 Å². The molecule has 0 spiro atoms. The van der Waals surface area contributed by atoms with E-state index in [0.29, 0.717) is 6.54 Å². The number of nitrogens with two attached hydrogens (primary N) is 1. The van der Waals surface area contributed by atoms with Crippen LogP contribution in [-0.2, 0) is 0 Å². The highest BCUT2D eigenvalue weighted by molar-refractivity contribution is 4.97. The van der Waals surface area contributed by atoms with Gasteiger partial charge in [-0.1, -0.05) is 11.6 Å². The van der Waals surface area contributed by atoms with Gasteiger partial charge in [-0.3, -0.25) is 0 Å². The zero-order valence-corrected chi connectivity index (χ0v) is 4.52. The van der Waals surface area contributed by atoms with Crippen molar-refractivity contribution in [2.75, 3.05) is 13.2 Å². The Balaban J connectivity index is 3.29. The second-order valence-electron chi connectivity index (χ2n) is 1.44. The summed E-state index contributed by atoms with van der Waals surface area (Å²) < 4.78 is 0. The first-order valence-corrected chi connectivity index (χ1v) is 2.27. The lowest BCUT2D eigenvalue weighted by atomic mass is 10.3. The fraction of sp³-hybridized carbons (Fsp3) is 0.600. The Bertz CT molecular complexity index is 68.5. The van der Waals surface area contributed by atoms with E-state index < -0.39 is 0 Å². The first kappa shape index (κ1) is 6.66. The van der Waals surface area contributed by atoms with E-state index in [1.807, 2.05) is 6.92 Å². The molecule has 0 aliphatic heterocycles. The van der Waals surface area contributed by atoms with Crippen LogP contribution in [-0.4, -0.2) is 18.3 Å². The fourth-order valence-electron chi connectivity index (χ4n) is 0.266. The highest BCUT2D eigenvalue weighted by atomic mass is 16.3. The third-order valence-electron chi connectivity index (χ3n) is 0.716. The molecule has 0 aromatic heterocycles. The Kier molecular flexibility index (Phi) is 3.65. The first-order chi connectivity index (χ1) is 3.31. The van der Waals surface area contributed by atoms with E-state index in [1.165, 1.54) is 0 Å². The molecule has 0 radical (unpaired) electrons. The van der Waals surface area contributed by atoms with Crippen LogP contribution in [0.1, 0.15) is 6.92 Å². The number of rotatable bonds is 2. The normalized spacial score (nSPS) is 12.1. The summed E-state index contributed by atoms with van der Waals surface area (Å²) in [5, 5.41) is 8.34. The Labute approximate surface area is 43.6 Å². The van der Waals surface area contributed by atoms with Crippen LogP contribution >= 0.6 is 0 Å². The van der Waals surface area contributed by atoms with E-state index in [1.54, 1.807) is 6.08 Å². The van der Waals surface area contributed by atoms with Gasteiger partial charge in [-0.2, -0.15) is 0 Å². The van der Waals surface area contributed by atoms with Crippen LogP contribution < -0.4 is 5.73 Å². The van der Waals surface area contributed by atoms with Crippen LogP contribution in [0.25, 0.3) is 0 Å². The molecule has 0 aliphatic carbocycles. The fourth-order valence-corrected chi connectivity index (χ4v) is 0.266. The van der Waals surface area contributed by atoms with Crippen molar-refractivity contribution in [1.82, 2.24) is 0 Å². The summed E-state index contributed by atoms with van der Waals surface area (Å²) in [6.07, 6.45) is 1.79. The monoisotopic (exact) mass is 101 g/mol. The Hall–Kier alpha value is -0.340. The minimum atomic E-state index is 0.122. The molecule has 42 valence electrons. The Morgan fingerprint density at radius 2 is 2.43 bits per heavy atom. The second-order valence-corrected chi connectivity index (χ2v) is 1.44. The topological polar surface area (TPSA) is 46.2 Å². The average Bonchev–Trinajstić information content (AvgIpc) is 1.68. The molecular formula is C5H11NO. The summed E-state index contributed by atoms with van der Waals surface area (Å²) in [6.45, 7) is 2.48. The molecule has 2 nitrogen and oxygen atoms in total. The minimum absolute atomic E-state index is 0.122. The van der Waals surface area contributed by atoms with Crippen LogP contribution in [0.15, 0.2) is 11.6 Å². The molecule has 0 heterocycles. The highest BCUT2D eigenvalue weighted by Crippen LogP contribution is 1.84. The molecule has 3 N–H and O–H groups in total. The van der Waals surface area contributed by atoms with Gasteiger partial charge in [0.05, 0.1) is 6.61 Å². The van der Waals surface area contributed by atoms with Gasteiger partial charge >= 0.3 is 0 Å². The summed E-state index contributed by atoms with van der Waals surface area (Å²) in [6, 6.07) is 0. The first-order valence-electron chi connectivity index (χ1n) is 2.27. The number of aliphatic hydroxyl groups is 1. The summed E-state index contributed by atoms with van der Waals surface area (Å²) in [4.78, 5) is 0. The summed E-state index contributed by atoms with van der Waals surface area (Å²) >= 11 is 0. The van der Waals surface area contributed by atoms with E-state index >= 15 is 0 Å². The maximum atomic E-state index is 8.34. The highest BCUT2D eigenvalue weighted by Gasteiger charge is 1.78. The zero-order chi connectivity index (χ0) is 5.70. The Morgan fingerprint density at radius 3 is 2.57 bits per heavy atom. The van der Waals surface area contributed by atoms with E-state index in [-0.39, 0.29) is 6.61 Å². The summed E-state index contributed by atoms with van der Waals surface area (Å²) in [7, 11) is 0. The number of hydrogen-bond acceptors (Lipinski definition) is 2. The molecule has 7 heavy (non-hydrogen) atoms. The predicted octanol–water partition coefficient (Wildman–Crippen LogP) is -0.116. The van der Waals surface area contributed by atoms with Gasteiger partial charge in [0, 0.05) is 6.54 Å². The summed E-state index contributed by atoms with van der Waals surface area (Å²) in [5.41, 5.74) is 6.05. The molecule has 0 rings (SSSR count). The third-order valence-corrected chi connectivity index (χ3v) is 0.716. The molecular weight excluding hydrogens is 90.1 g/mol. The Morgan fingerprint density at radius 1 is 1.86 bits per heavy atom. The van der Waals surface area contributed by atoms with Crippen LogP contribution in [0.2, 0.25) is 0 Å². The third kappa shape index (κ3) is 3.49. The molecule has 2 heteroatoms. The molecule has 0 saturated heterocycles. The van der Waals surface area contributed by atoms with Gasteiger partial charge < -0.3 is 10.8 Å². The van der Waals surface area contributed by atoms with Crippen molar-refractivity contribution in [3.05, 3.63) is 11.6 Å². The molecule has 0 unspecified atom stereocenters. The molecule has 0 aromatic rings. The maximum absolute atomic E-state index is 8.34. The minimum Gasteiger partial charge on any atom is -0.392 e. The SMILES string of the molecule is C/C(=C/CN)CO. The van der Waals surface area contributed by atoms with Crippen molar-refractivity contribution in [1.29, 1.82) is 0 Å².